The van der Waals surface area contributed by atoms with Gasteiger partial charge >= 0.3 is 0 Å². The summed E-state index contributed by atoms with van der Waals surface area (Å²) in [6, 6.07) is 4.93. The highest BCUT2D eigenvalue weighted by atomic mass is 35.5. The molecule has 3 rings (SSSR count). The Morgan fingerprint density at radius 1 is 1.24 bits per heavy atom. The van der Waals surface area contributed by atoms with Crippen LogP contribution in [0.3, 0.4) is 0 Å². The van der Waals surface area contributed by atoms with E-state index in [0.717, 1.165) is 31.2 Å². The molecular formula is C13H18ClN3. The third-order valence-corrected chi connectivity index (χ3v) is 4.04. The van der Waals surface area contributed by atoms with E-state index in [1.165, 1.54) is 25.9 Å². The van der Waals surface area contributed by atoms with E-state index in [9.17, 15) is 0 Å². The van der Waals surface area contributed by atoms with E-state index in [-0.39, 0.29) is 0 Å². The first-order valence-corrected chi connectivity index (χ1v) is 6.76. The van der Waals surface area contributed by atoms with Crippen LogP contribution in [0.1, 0.15) is 18.4 Å². The van der Waals surface area contributed by atoms with Gasteiger partial charge in [0.05, 0.1) is 0 Å². The van der Waals surface area contributed by atoms with E-state index in [4.69, 9.17) is 11.6 Å². The number of piperazine rings is 1. The molecule has 1 saturated carbocycles. The van der Waals surface area contributed by atoms with E-state index in [0.29, 0.717) is 5.15 Å². The fraction of sp³-hybridized carbons (Fsp3) is 0.615. The zero-order valence-electron chi connectivity index (χ0n) is 9.98. The standard InChI is InChI=1S/C13H18ClN3/c14-13-11(2-1-5-15-13)10-16-6-8-17(9-7-16)12-3-4-12/h1-2,5,12H,3-4,6-10H2. The predicted octanol–water partition coefficient (Wildman–Crippen LogP) is 2.01. The molecule has 0 N–H and O–H groups in total. The number of hydrogen-bond donors (Lipinski definition) is 0. The van der Waals surface area contributed by atoms with Gasteiger partial charge in [-0.05, 0) is 18.9 Å². The van der Waals surface area contributed by atoms with Gasteiger partial charge in [0, 0.05) is 50.5 Å². The Bertz CT molecular complexity index is 384. The molecule has 17 heavy (non-hydrogen) atoms. The van der Waals surface area contributed by atoms with Gasteiger partial charge in [-0.3, -0.25) is 9.80 Å². The van der Waals surface area contributed by atoms with Crippen molar-refractivity contribution in [3.8, 4) is 0 Å². The summed E-state index contributed by atoms with van der Waals surface area (Å²) in [6.07, 6.45) is 4.57. The third-order valence-electron chi connectivity index (χ3n) is 3.70. The van der Waals surface area contributed by atoms with Crippen LogP contribution in [-0.4, -0.2) is 47.0 Å². The van der Waals surface area contributed by atoms with Gasteiger partial charge in [0.25, 0.3) is 0 Å². The van der Waals surface area contributed by atoms with Crippen LogP contribution < -0.4 is 0 Å². The van der Waals surface area contributed by atoms with Gasteiger partial charge in [0.15, 0.2) is 0 Å². The normalized spacial score (nSPS) is 22.9. The maximum atomic E-state index is 6.08. The molecule has 0 aromatic carbocycles. The van der Waals surface area contributed by atoms with E-state index in [1.54, 1.807) is 6.20 Å². The highest BCUT2D eigenvalue weighted by Gasteiger charge is 2.31. The summed E-state index contributed by atoms with van der Waals surface area (Å²) in [6.45, 7) is 5.67. The largest absolute Gasteiger partial charge is 0.298 e. The van der Waals surface area contributed by atoms with Gasteiger partial charge in [-0.2, -0.15) is 0 Å². The quantitative estimate of drug-likeness (QED) is 0.767. The first-order valence-electron chi connectivity index (χ1n) is 6.39. The fourth-order valence-corrected chi connectivity index (χ4v) is 2.68. The monoisotopic (exact) mass is 251 g/mol. The summed E-state index contributed by atoms with van der Waals surface area (Å²) in [4.78, 5) is 9.23. The maximum absolute atomic E-state index is 6.08. The van der Waals surface area contributed by atoms with Gasteiger partial charge in [0.2, 0.25) is 0 Å². The molecule has 92 valence electrons. The molecule has 1 aliphatic heterocycles. The van der Waals surface area contributed by atoms with Gasteiger partial charge in [-0.25, -0.2) is 4.98 Å². The third kappa shape index (κ3) is 2.79. The molecule has 3 nitrogen and oxygen atoms in total. The van der Waals surface area contributed by atoms with Gasteiger partial charge in [-0.15, -0.1) is 0 Å². The van der Waals surface area contributed by atoms with Crippen molar-refractivity contribution in [1.82, 2.24) is 14.8 Å². The zero-order valence-corrected chi connectivity index (χ0v) is 10.7. The lowest BCUT2D eigenvalue weighted by Gasteiger charge is -2.34. The Morgan fingerprint density at radius 3 is 2.65 bits per heavy atom. The van der Waals surface area contributed by atoms with Crippen molar-refractivity contribution in [2.75, 3.05) is 26.2 Å². The number of nitrogens with zero attached hydrogens (tertiary/aromatic N) is 3. The Labute approximate surface area is 107 Å². The second-order valence-electron chi connectivity index (χ2n) is 5.00. The van der Waals surface area contributed by atoms with Crippen LogP contribution >= 0.6 is 11.6 Å². The van der Waals surface area contributed by atoms with Gasteiger partial charge < -0.3 is 0 Å². The second-order valence-corrected chi connectivity index (χ2v) is 5.35. The lowest BCUT2D eigenvalue weighted by atomic mass is 10.2. The molecule has 0 radical (unpaired) electrons. The predicted molar refractivity (Wildman–Crippen MR) is 69.1 cm³/mol. The molecule has 1 aliphatic carbocycles. The summed E-state index contributed by atoms with van der Waals surface area (Å²) >= 11 is 6.08. The van der Waals surface area contributed by atoms with Crippen molar-refractivity contribution < 1.29 is 0 Å². The van der Waals surface area contributed by atoms with E-state index >= 15 is 0 Å². The van der Waals surface area contributed by atoms with Crippen molar-refractivity contribution >= 4 is 11.6 Å². The Hall–Kier alpha value is -0.640. The van der Waals surface area contributed by atoms with Crippen LogP contribution in [0.25, 0.3) is 0 Å². The first kappa shape index (κ1) is 11.5. The summed E-state index contributed by atoms with van der Waals surface area (Å²) < 4.78 is 0. The number of halogens is 1. The van der Waals surface area contributed by atoms with Crippen molar-refractivity contribution in [1.29, 1.82) is 0 Å². The van der Waals surface area contributed by atoms with Crippen LogP contribution in [-0.2, 0) is 6.54 Å². The van der Waals surface area contributed by atoms with Crippen molar-refractivity contribution in [3.05, 3.63) is 29.0 Å². The Morgan fingerprint density at radius 2 is 2.00 bits per heavy atom. The first-order chi connectivity index (χ1) is 8.33. The lowest BCUT2D eigenvalue weighted by Crippen LogP contribution is -2.46. The minimum atomic E-state index is 0.650. The molecule has 0 amide bonds. The number of aromatic nitrogens is 1. The van der Waals surface area contributed by atoms with Crippen molar-refractivity contribution in [3.63, 3.8) is 0 Å². The topological polar surface area (TPSA) is 19.4 Å². The molecular weight excluding hydrogens is 234 g/mol. The van der Waals surface area contributed by atoms with Crippen LogP contribution in [0, 0.1) is 0 Å². The Kier molecular flexibility index (Phi) is 3.32. The summed E-state index contributed by atoms with van der Waals surface area (Å²) in [7, 11) is 0. The smallest absolute Gasteiger partial charge is 0.133 e. The average Bonchev–Trinajstić information content (AvgIpc) is 3.17. The molecule has 0 unspecified atom stereocenters. The highest BCUT2D eigenvalue weighted by Crippen LogP contribution is 2.27. The van der Waals surface area contributed by atoms with Crippen molar-refractivity contribution in [2.45, 2.75) is 25.4 Å². The minimum Gasteiger partial charge on any atom is -0.298 e. The zero-order chi connectivity index (χ0) is 11.7. The summed E-state index contributed by atoms with van der Waals surface area (Å²) in [5, 5.41) is 0.650. The second kappa shape index (κ2) is 4.92. The van der Waals surface area contributed by atoms with E-state index < -0.39 is 0 Å². The average molecular weight is 252 g/mol. The number of pyridine rings is 1. The molecule has 2 aliphatic rings. The molecule has 0 bridgehead atoms. The lowest BCUT2D eigenvalue weighted by molar-refractivity contribution is 0.121. The summed E-state index contributed by atoms with van der Waals surface area (Å²) in [5.74, 6) is 0. The number of rotatable bonds is 3. The minimum absolute atomic E-state index is 0.650. The van der Waals surface area contributed by atoms with Gasteiger partial charge in [0.1, 0.15) is 5.15 Å². The van der Waals surface area contributed by atoms with Crippen LogP contribution in [0.15, 0.2) is 18.3 Å². The molecule has 2 heterocycles. The SMILES string of the molecule is Clc1ncccc1CN1CCN(C2CC2)CC1. The van der Waals surface area contributed by atoms with Gasteiger partial charge in [-0.1, -0.05) is 17.7 Å². The van der Waals surface area contributed by atoms with Crippen molar-refractivity contribution in [2.24, 2.45) is 0 Å². The molecule has 0 atom stereocenters. The molecule has 1 aromatic rings. The van der Waals surface area contributed by atoms with Crippen LogP contribution in [0.2, 0.25) is 5.15 Å². The van der Waals surface area contributed by atoms with E-state index in [1.807, 2.05) is 6.07 Å². The van der Waals surface area contributed by atoms with Crippen LogP contribution in [0.5, 0.6) is 0 Å². The molecule has 1 aromatic heterocycles. The molecule has 1 saturated heterocycles. The Balaban J connectivity index is 1.55. The summed E-state index contributed by atoms with van der Waals surface area (Å²) in [5.41, 5.74) is 1.15. The maximum Gasteiger partial charge on any atom is 0.133 e. The van der Waals surface area contributed by atoms with Crippen LogP contribution in [0.4, 0.5) is 0 Å². The molecule has 0 spiro atoms. The van der Waals surface area contributed by atoms with E-state index in [2.05, 4.69) is 20.9 Å². The molecule has 4 heteroatoms. The fourth-order valence-electron chi connectivity index (χ4n) is 2.50. The highest BCUT2D eigenvalue weighted by molar-refractivity contribution is 6.30. The molecule has 2 fully saturated rings. The number of hydrogen-bond acceptors (Lipinski definition) is 3.